The van der Waals surface area contributed by atoms with Crippen LogP contribution in [0.4, 0.5) is 0 Å². The van der Waals surface area contributed by atoms with Crippen molar-refractivity contribution in [2.75, 3.05) is 6.54 Å². The van der Waals surface area contributed by atoms with Crippen LogP contribution in [-0.2, 0) is 14.4 Å². The van der Waals surface area contributed by atoms with Gasteiger partial charge in [0, 0.05) is 6.08 Å². The van der Waals surface area contributed by atoms with E-state index in [2.05, 4.69) is 11.4 Å². The normalized spacial score (nSPS) is 8.10. The zero-order valence-corrected chi connectivity index (χ0v) is 5.66. The Hall–Kier alpha value is -1.32. The summed E-state index contributed by atoms with van der Waals surface area (Å²) in [4.78, 5) is 24.6. The van der Waals surface area contributed by atoms with E-state index < -0.39 is 5.97 Å². The van der Waals surface area contributed by atoms with Gasteiger partial charge in [0.25, 0.3) is 0 Å². The first-order valence-electron chi connectivity index (χ1n) is 2.74. The Morgan fingerprint density at radius 3 is 2.80 bits per heavy atom. The smallest absolute Gasteiger partial charge is 0.333 e. The molecule has 0 heterocycles. The second-order valence-corrected chi connectivity index (χ2v) is 1.40. The van der Waals surface area contributed by atoms with Crippen LogP contribution in [0.3, 0.4) is 0 Å². The molecule has 0 saturated carbocycles. The molecule has 1 radical (unpaired) electrons. The van der Waals surface area contributed by atoms with Gasteiger partial charge in [-0.1, -0.05) is 6.58 Å². The highest BCUT2D eigenvalue weighted by molar-refractivity contribution is 5.81. The van der Waals surface area contributed by atoms with Crippen LogP contribution in [0.15, 0.2) is 12.7 Å². The maximum Gasteiger partial charge on any atom is 0.355 e. The summed E-state index contributed by atoms with van der Waals surface area (Å²) in [6, 6.07) is 0. The zero-order valence-electron chi connectivity index (χ0n) is 5.66. The van der Waals surface area contributed by atoms with Crippen LogP contribution in [0.2, 0.25) is 0 Å². The molecule has 0 rings (SSSR count). The summed E-state index contributed by atoms with van der Waals surface area (Å²) in [6.45, 7) is 5.09. The van der Waals surface area contributed by atoms with E-state index in [1.54, 1.807) is 6.92 Å². The van der Waals surface area contributed by atoms with Gasteiger partial charge in [-0.05, 0) is 6.92 Å². The summed E-state index contributed by atoms with van der Waals surface area (Å²) in [5.74, 6) is -0.662. The quantitative estimate of drug-likeness (QED) is 0.316. The van der Waals surface area contributed by atoms with E-state index in [0.717, 1.165) is 11.1 Å². The Bertz CT molecular complexity index is 144. The Morgan fingerprint density at radius 2 is 2.50 bits per heavy atom. The van der Waals surface area contributed by atoms with Crippen molar-refractivity contribution >= 4 is 12.4 Å². The summed E-state index contributed by atoms with van der Waals surface area (Å²) in [5, 5.41) is 0.754. The minimum atomic E-state index is -0.662. The number of amides is 1. The lowest BCUT2D eigenvalue weighted by molar-refractivity contribution is -0.165. The van der Waals surface area contributed by atoms with E-state index in [4.69, 9.17) is 0 Å². The third-order valence-electron chi connectivity index (χ3n) is 0.756. The molecule has 0 aliphatic rings. The van der Waals surface area contributed by atoms with Gasteiger partial charge in [0.15, 0.2) is 0 Å². The Labute approximate surface area is 59.0 Å². The van der Waals surface area contributed by atoms with E-state index >= 15 is 0 Å². The van der Waals surface area contributed by atoms with Crippen LogP contribution in [-0.4, -0.2) is 24.0 Å². The van der Waals surface area contributed by atoms with Crippen LogP contribution >= 0.6 is 0 Å². The highest BCUT2D eigenvalue weighted by Crippen LogP contribution is 1.85. The highest BCUT2D eigenvalue weighted by Gasteiger charge is 2.03. The van der Waals surface area contributed by atoms with Crippen molar-refractivity contribution in [3.05, 3.63) is 12.7 Å². The van der Waals surface area contributed by atoms with Gasteiger partial charge in [0.2, 0.25) is 0 Å². The molecule has 0 aromatic carbocycles. The average molecular weight is 142 g/mol. The lowest BCUT2D eigenvalue weighted by atomic mass is 10.7. The van der Waals surface area contributed by atoms with E-state index in [-0.39, 0.29) is 6.54 Å². The highest BCUT2D eigenvalue weighted by atomic mass is 16.7. The molecule has 4 heteroatoms. The first-order valence-corrected chi connectivity index (χ1v) is 2.74. The van der Waals surface area contributed by atoms with Gasteiger partial charge in [0.1, 0.15) is 0 Å². The monoisotopic (exact) mass is 142 g/mol. The predicted molar refractivity (Wildman–Crippen MR) is 34.4 cm³/mol. The molecule has 0 bridgehead atoms. The molecule has 0 saturated heterocycles. The van der Waals surface area contributed by atoms with Crippen LogP contribution < -0.4 is 0 Å². The lowest BCUT2D eigenvalue weighted by Gasteiger charge is -2.09. The van der Waals surface area contributed by atoms with Gasteiger partial charge < -0.3 is 4.84 Å². The first kappa shape index (κ1) is 8.68. The topological polar surface area (TPSA) is 46.6 Å². The third kappa shape index (κ3) is 2.86. The minimum Gasteiger partial charge on any atom is -0.333 e. The van der Waals surface area contributed by atoms with Gasteiger partial charge in [-0.25, -0.2) is 4.79 Å². The number of carbonyl (C=O) groups is 1. The van der Waals surface area contributed by atoms with E-state index in [1.807, 2.05) is 0 Å². The van der Waals surface area contributed by atoms with Gasteiger partial charge in [-0.3, -0.25) is 4.79 Å². The summed E-state index contributed by atoms with van der Waals surface area (Å²) < 4.78 is 0. The van der Waals surface area contributed by atoms with E-state index in [9.17, 15) is 9.59 Å². The summed E-state index contributed by atoms with van der Waals surface area (Å²) in [5.41, 5.74) is 0. The van der Waals surface area contributed by atoms with Crippen molar-refractivity contribution in [2.24, 2.45) is 0 Å². The number of hydrogen-bond acceptors (Lipinski definition) is 3. The molecule has 0 fully saturated rings. The van der Waals surface area contributed by atoms with Gasteiger partial charge in [-0.15, -0.1) is 0 Å². The second-order valence-electron chi connectivity index (χ2n) is 1.40. The number of hydroxylamine groups is 2. The Balaban J connectivity index is 3.73. The fourth-order valence-electron chi connectivity index (χ4n) is 0.294. The Morgan fingerprint density at radius 1 is 1.90 bits per heavy atom. The largest absolute Gasteiger partial charge is 0.355 e. The van der Waals surface area contributed by atoms with E-state index in [1.165, 1.54) is 6.41 Å². The first-order chi connectivity index (χ1) is 4.74. The van der Waals surface area contributed by atoms with Gasteiger partial charge in [-0.2, -0.15) is 5.06 Å². The number of nitrogens with zero attached hydrogens (tertiary/aromatic N) is 1. The molecule has 55 valence electrons. The zero-order chi connectivity index (χ0) is 7.98. The molecule has 4 nitrogen and oxygen atoms in total. The molecular weight excluding hydrogens is 134 g/mol. The standard InChI is InChI=1S/C6H8NO3/c1-3-6(9)10-7(4-2)5-8/h3H,1,4H2,2H3. The van der Waals surface area contributed by atoms with Crippen LogP contribution in [0.5, 0.6) is 0 Å². The molecule has 0 aliphatic heterocycles. The molecule has 0 aromatic rings. The molecular formula is C6H8NO3. The van der Waals surface area contributed by atoms with Gasteiger partial charge >= 0.3 is 12.4 Å². The summed E-state index contributed by atoms with van der Waals surface area (Å²) >= 11 is 0. The molecule has 0 aromatic heterocycles. The molecule has 1 amide bonds. The third-order valence-corrected chi connectivity index (χ3v) is 0.756. The van der Waals surface area contributed by atoms with Crippen molar-refractivity contribution < 1.29 is 14.4 Å². The average Bonchev–Trinajstić information content (AvgIpc) is 1.99. The predicted octanol–water partition coefficient (Wildman–Crippen LogP) is 0.0197. The minimum absolute atomic E-state index is 0.281. The Kier molecular flexibility index (Phi) is 3.95. The molecule has 0 N–H and O–H groups in total. The molecule has 0 atom stereocenters. The van der Waals surface area contributed by atoms with Crippen molar-refractivity contribution in [3.63, 3.8) is 0 Å². The SMILES string of the molecule is C=CC(=O)ON([C]=O)CC. The van der Waals surface area contributed by atoms with E-state index in [0.29, 0.717) is 0 Å². The van der Waals surface area contributed by atoms with Crippen molar-refractivity contribution in [3.8, 4) is 0 Å². The molecule has 0 unspecified atom stereocenters. The van der Waals surface area contributed by atoms with Crippen LogP contribution in [0.1, 0.15) is 6.92 Å². The molecule has 0 aliphatic carbocycles. The second kappa shape index (κ2) is 4.55. The number of carbonyl (C=O) groups excluding carboxylic acids is 2. The number of rotatable bonds is 4. The number of hydrogen-bond donors (Lipinski definition) is 0. The fourth-order valence-corrected chi connectivity index (χ4v) is 0.294. The summed E-state index contributed by atoms with van der Waals surface area (Å²) in [7, 11) is 0. The summed E-state index contributed by atoms with van der Waals surface area (Å²) in [6.07, 6.45) is 2.38. The van der Waals surface area contributed by atoms with Crippen LogP contribution in [0.25, 0.3) is 0 Å². The maximum atomic E-state index is 10.4. The van der Waals surface area contributed by atoms with Crippen LogP contribution in [0, 0.1) is 0 Å². The van der Waals surface area contributed by atoms with Crippen molar-refractivity contribution in [2.45, 2.75) is 6.92 Å². The molecule has 10 heavy (non-hydrogen) atoms. The van der Waals surface area contributed by atoms with Crippen molar-refractivity contribution in [1.82, 2.24) is 5.06 Å². The lowest BCUT2D eigenvalue weighted by Crippen LogP contribution is -2.24. The molecule has 0 spiro atoms. The maximum absolute atomic E-state index is 10.4. The fraction of sp³-hybridized carbons (Fsp3) is 0.333. The van der Waals surface area contributed by atoms with Crippen molar-refractivity contribution in [1.29, 1.82) is 0 Å². The van der Waals surface area contributed by atoms with Gasteiger partial charge in [0.05, 0.1) is 6.54 Å².